The summed E-state index contributed by atoms with van der Waals surface area (Å²) in [4.78, 5) is 4.86. The van der Waals surface area contributed by atoms with Crippen molar-refractivity contribution < 1.29 is 0 Å². The topological polar surface area (TPSA) is 42.7 Å². The van der Waals surface area contributed by atoms with Crippen LogP contribution < -0.4 is 5.32 Å². The summed E-state index contributed by atoms with van der Waals surface area (Å²) in [7, 11) is 0. The highest BCUT2D eigenvalue weighted by Gasteiger charge is 2.21. The summed E-state index contributed by atoms with van der Waals surface area (Å²) < 4.78 is 2.05. The predicted molar refractivity (Wildman–Crippen MR) is 86.6 cm³/mol. The van der Waals surface area contributed by atoms with Crippen molar-refractivity contribution in [2.45, 2.75) is 33.4 Å². The van der Waals surface area contributed by atoms with Gasteiger partial charge < -0.3 is 5.32 Å². The van der Waals surface area contributed by atoms with Gasteiger partial charge in [-0.25, -0.2) is 4.98 Å². The Hall–Kier alpha value is -0.850. The Labute approximate surface area is 128 Å². The zero-order chi connectivity index (χ0) is 14.1. The number of rotatable bonds is 3. The van der Waals surface area contributed by atoms with Crippen LogP contribution in [0.2, 0.25) is 0 Å². The van der Waals surface area contributed by atoms with Crippen LogP contribution >= 0.6 is 23.1 Å². The number of aryl methyl sites for hydroxylation is 2. The van der Waals surface area contributed by atoms with Crippen LogP contribution in [0.5, 0.6) is 0 Å². The van der Waals surface area contributed by atoms with Gasteiger partial charge in [-0.3, -0.25) is 4.68 Å². The maximum atomic E-state index is 4.86. The Morgan fingerprint density at radius 2 is 2.30 bits per heavy atom. The maximum absolute atomic E-state index is 4.86. The van der Waals surface area contributed by atoms with Gasteiger partial charge >= 0.3 is 0 Å². The molecule has 3 rings (SSSR count). The molecule has 6 heteroatoms. The Bertz CT molecular complexity index is 596. The second-order valence-corrected chi connectivity index (χ2v) is 7.05. The summed E-state index contributed by atoms with van der Waals surface area (Å²) in [5.74, 6) is 2.33. The van der Waals surface area contributed by atoms with Gasteiger partial charge in [0.05, 0.1) is 17.4 Å². The molecule has 1 fully saturated rings. The van der Waals surface area contributed by atoms with Crippen LogP contribution in [0, 0.1) is 13.8 Å². The van der Waals surface area contributed by atoms with Crippen molar-refractivity contribution in [1.29, 1.82) is 0 Å². The zero-order valence-corrected chi connectivity index (χ0v) is 13.8. The van der Waals surface area contributed by atoms with Crippen molar-refractivity contribution >= 4 is 23.1 Å². The highest BCUT2D eigenvalue weighted by atomic mass is 32.2. The minimum Gasteiger partial charge on any atom is -0.306 e. The molecule has 0 spiro atoms. The molecule has 0 bridgehead atoms. The Kier molecular flexibility index (Phi) is 4.14. The second kappa shape index (κ2) is 5.87. The van der Waals surface area contributed by atoms with Gasteiger partial charge in [-0.2, -0.15) is 16.9 Å². The van der Waals surface area contributed by atoms with Crippen molar-refractivity contribution in [3.63, 3.8) is 0 Å². The molecule has 1 atom stereocenters. The van der Waals surface area contributed by atoms with E-state index >= 15 is 0 Å². The lowest BCUT2D eigenvalue weighted by molar-refractivity contribution is 0.592. The molecule has 2 aromatic heterocycles. The van der Waals surface area contributed by atoms with Crippen LogP contribution in [0.25, 0.3) is 11.3 Å². The van der Waals surface area contributed by atoms with Crippen molar-refractivity contribution in [3.8, 4) is 11.3 Å². The van der Waals surface area contributed by atoms with Gasteiger partial charge in [0.2, 0.25) is 0 Å². The molecule has 3 heterocycles. The molecule has 20 heavy (non-hydrogen) atoms. The van der Waals surface area contributed by atoms with E-state index in [9.17, 15) is 0 Å². The van der Waals surface area contributed by atoms with Crippen molar-refractivity contribution in [3.05, 3.63) is 21.8 Å². The highest BCUT2D eigenvalue weighted by Crippen LogP contribution is 2.31. The lowest BCUT2D eigenvalue weighted by Gasteiger charge is -2.20. The summed E-state index contributed by atoms with van der Waals surface area (Å²) in [6.07, 6.45) is 0. The molecule has 1 unspecified atom stereocenters. The molecule has 0 aliphatic carbocycles. The molecule has 0 saturated carbocycles. The number of hydrogen-bond acceptors (Lipinski definition) is 5. The number of hydrogen-bond donors (Lipinski definition) is 1. The average Bonchev–Trinajstić information content (AvgIpc) is 3.04. The van der Waals surface area contributed by atoms with Crippen LogP contribution in [-0.2, 0) is 6.54 Å². The van der Waals surface area contributed by atoms with Crippen molar-refractivity contribution in [1.82, 2.24) is 20.1 Å². The van der Waals surface area contributed by atoms with Crippen molar-refractivity contribution in [2.24, 2.45) is 0 Å². The fraction of sp³-hybridized carbons (Fsp3) is 0.571. The molecule has 108 valence electrons. The van der Waals surface area contributed by atoms with E-state index in [0.29, 0.717) is 6.04 Å². The number of nitrogens with zero attached hydrogens (tertiary/aromatic N) is 3. The second-order valence-electron chi connectivity index (χ2n) is 5.01. The molecule has 1 saturated heterocycles. The molecule has 0 amide bonds. The van der Waals surface area contributed by atoms with Crippen LogP contribution in [0.15, 0.2) is 5.38 Å². The monoisotopic (exact) mass is 308 g/mol. The SMILES string of the molecule is CCn1nc(C)c(-c2csc(C3CSCCN3)n2)c1C. The molecule has 1 aliphatic heterocycles. The normalized spacial score (nSPS) is 19.4. The Balaban J connectivity index is 1.91. The first kappa shape index (κ1) is 14.1. The summed E-state index contributed by atoms with van der Waals surface area (Å²) >= 11 is 3.77. The Morgan fingerprint density at radius 1 is 1.45 bits per heavy atom. The third kappa shape index (κ3) is 2.52. The fourth-order valence-corrected chi connectivity index (χ4v) is 4.59. The lowest BCUT2D eigenvalue weighted by atomic mass is 10.1. The third-order valence-corrected chi connectivity index (χ3v) is 5.70. The lowest BCUT2D eigenvalue weighted by Crippen LogP contribution is -2.30. The smallest absolute Gasteiger partial charge is 0.111 e. The standard InChI is InChI=1S/C14H20N4S2/c1-4-18-10(3)13(9(2)17-18)11-8-20-14(16-11)12-7-19-6-5-15-12/h8,12,15H,4-7H2,1-3H3. The number of thioether (sulfide) groups is 1. The van der Waals surface area contributed by atoms with E-state index in [1.54, 1.807) is 11.3 Å². The highest BCUT2D eigenvalue weighted by molar-refractivity contribution is 7.99. The van der Waals surface area contributed by atoms with Crippen LogP contribution in [0.3, 0.4) is 0 Å². The van der Waals surface area contributed by atoms with E-state index < -0.39 is 0 Å². The molecule has 0 aromatic carbocycles. The minimum absolute atomic E-state index is 0.411. The summed E-state index contributed by atoms with van der Waals surface area (Å²) in [5.41, 5.74) is 4.58. The largest absolute Gasteiger partial charge is 0.306 e. The quantitative estimate of drug-likeness (QED) is 0.946. The van der Waals surface area contributed by atoms with Crippen molar-refractivity contribution in [2.75, 3.05) is 18.1 Å². The molecular weight excluding hydrogens is 288 g/mol. The summed E-state index contributed by atoms with van der Waals surface area (Å²) in [6, 6.07) is 0.411. The first-order valence-electron chi connectivity index (χ1n) is 7.01. The molecule has 2 aromatic rings. The number of nitrogens with one attached hydrogen (secondary N) is 1. The van der Waals surface area contributed by atoms with Gasteiger partial charge in [0.15, 0.2) is 0 Å². The van der Waals surface area contributed by atoms with E-state index in [1.807, 2.05) is 11.8 Å². The van der Waals surface area contributed by atoms with Gasteiger partial charge in [0, 0.05) is 41.2 Å². The van der Waals surface area contributed by atoms with E-state index in [0.717, 1.165) is 30.2 Å². The third-order valence-electron chi connectivity index (χ3n) is 3.68. The van der Waals surface area contributed by atoms with Gasteiger partial charge in [0.25, 0.3) is 0 Å². The van der Waals surface area contributed by atoms with Gasteiger partial charge in [-0.05, 0) is 20.8 Å². The van der Waals surface area contributed by atoms with Gasteiger partial charge in [-0.1, -0.05) is 0 Å². The molecular formula is C14H20N4S2. The van der Waals surface area contributed by atoms with Crippen LogP contribution in [0.4, 0.5) is 0 Å². The van der Waals surface area contributed by atoms with Gasteiger partial charge in [-0.15, -0.1) is 11.3 Å². The van der Waals surface area contributed by atoms with E-state index in [2.05, 4.69) is 41.2 Å². The number of thiazole rings is 1. The van der Waals surface area contributed by atoms with Crippen LogP contribution in [0.1, 0.15) is 29.4 Å². The zero-order valence-electron chi connectivity index (χ0n) is 12.1. The Morgan fingerprint density at radius 3 is 2.95 bits per heavy atom. The molecule has 4 nitrogen and oxygen atoms in total. The maximum Gasteiger partial charge on any atom is 0.111 e. The molecule has 0 radical (unpaired) electrons. The first-order chi connectivity index (χ1) is 9.70. The predicted octanol–water partition coefficient (Wildman–Crippen LogP) is 3.02. The van der Waals surface area contributed by atoms with Gasteiger partial charge in [0.1, 0.15) is 5.01 Å². The summed E-state index contributed by atoms with van der Waals surface area (Å²) in [6.45, 7) is 8.31. The first-order valence-corrected chi connectivity index (χ1v) is 9.05. The number of aromatic nitrogens is 3. The molecule has 1 N–H and O–H groups in total. The van der Waals surface area contributed by atoms with E-state index in [1.165, 1.54) is 22.0 Å². The minimum atomic E-state index is 0.411. The summed E-state index contributed by atoms with van der Waals surface area (Å²) in [5, 5.41) is 11.5. The van der Waals surface area contributed by atoms with E-state index in [4.69, 9.17) is 4.98 Å². The van der Waals surface area contributed by atoms with Crippen LogP contribution in [-0.4, -0.2) is 32.8 Å². The fourth-order valence-electron chi connectivity index (χ4n) is 2.66. The average molecular weight is 308 g/mol. The van der Waals surface area contributed by atoms with E-state index in [-0.39, 0.29) is 0 Å². The molecule has 1 aliphatic rings.